The maximum Gasteiger partial charge on any atom is 0.245 e. The number of carbonyl (C=O) groups excluding carboxylic acids is 1. The van der Waals surface area contributed by atoms with E-state index >= 15 is 0 Å². The Kier molecular flexibility index (Phi) is 3.29. The fourth-order valence-corrected chi connectivity index (χ4v) is 1.94. The first kappa shape index (κ1) is 11.2. The predicted molar refractivity (Wildman–Crippen MR) is 61.0 cm³/mol. The van der Waals surface area contributed by atoms with E-state index in [9.17, 15) is 4.79 Å². The average molecular weight is 222 g/mol. The van der Waals surface area contributed by atoms with Crippen LogP contribution in [-0.4, -0.2) is 39.7 Å². The summed E-state index contributed by atoms with van der Waals surface area (Å²) in [5.41, 5.74) is 0. The number of nitrogens with zero attached hydrogens (tertiary/aromatic N) is 2. The molecule has 0 aliphatic heterocycles. The third kappa shape index (κ3) is 2.27. The second-order valence-corrected chi connectivity index (χ2v) is 4.29. The van der Waals surface area contributed by atoms with Gasteiger partial charge < -0.3 is 14.6 Å². The summed E-state index contributed by atoms with van der Waals surface area (Å²) in [6.07, 6.45) is 5.94. The molecule has 2 rings (SSSR count). The van der Waals surface area contributed by atoms with E-state index in [0.717, 1.165) is 12.8 Å². The van der Waals surface area contributed by atoms with E-state index in [0.29, 0.717) is 12.6 Å². The van der Waals surface area contributed by atoms with Gasteiger partial charge in [0.2, 0.25) is 5.91 Å². The normalized spacial score (nSPS) is 17.1. The molecule has 16 heavy (non-hydrogen) atoms. The molecule has 88 valence electrons. The Hall–Kier alpha value is -1.29. The van der Waals surface area contributed by atoms with Gasteiger partial charge in [-0.25, -0.2) is 0 Å². The Labute approximate surface area is 95.5 Å². The standard InChI is InChI=1S/C12H18N2O2/c1-10(13-6-2-3-7-13)12(16)14(8-9-15)11-4-5-11/h2-3,6-7,10-11,15H,4-5,8-9H2,1H3. The summed E-state index contributed by atoms with van der Waals surface area (Å²) >= 11 is 0. The van der Waals surface area contributed by atoms with Crippen LogP contribution in [0.1, 0.15) is 25.8 Å². The van der Waals surface area contributed by atoms with Crippen molar-refractivity contribution in [2.75, 3.05) is 13.2 Å². The van der Waals surface area contributed by atoms with Crippen molar-refractivity contribution < 1.29 is 9.90 Å². The second kappa shape index (κ2) is 4.70. The smallest absolute Gasteiger partial charge is 0.245 e. The van der Waals surface area contributed by atoms with E-state index < -0.39 is 0 Å². The second-order valence-electron chi connectivity index (χ2n) is 4.29. The average Bonchev–Trinajstić information content (AvgIpc) is 2.98. The van der Waals surface area contributed by atoms with Crippen LogP contribution in [0.4, 0.5) is 0 Å². The molecule has 1 unspecified atom stereocenters. The Bertz CT molecular complexity index is 344. The van der Waals surface area contributed by atoms with Crippen molar-refractivity contribution in [3.63, 3.8) is 0 Å². The number of aromatic nitrogens is 1. The minimum atomic E-state index is -0.179. The van der Waals surface area contributed by atoms with Crippen LogP contribution in [-0.2, 0) is 4.79 Å². The molecule has 0 saturated heterocycles. The van der Waals surface area contributed by atoms with Gasteiger partial charge >= 0.3 is 0 Å². The summed E-state index contributed by atoms with van der Waals surface area (Å²) in [7, 11) is 0. The molecule has 4 heteroatoms. The Morgan fingerprint density at radius 3 is 2.62 bits per heavy atom. The number of aliphatic hydroxyl groups is 1. The van der Waals surface area contributed by atoms with Gasteiger partial charge in [0.25, 0.3) is 0 Å². The molecule has 1 aliphatic rings. The number of carbonyl (C=O) groups is 1. The minimum Gasteiger partial charge on any atom is -0.395 e. The van der Waals surface area contributed by atoms with Crippen molar-refractivity contribution >= 4 is 5.91 Å². The molecule has 1 saturated carbocycles. The van der Waals surface area contributed by atoms with Crippen molar-refractivity contribution in [3.05, 3.63) is 24.5 Å². The zero-order valence-corrected chi connectivity index (χ0v) is 9.54. The molecule has 0 spiro atoms. The van der Waals surface area contributed by atoms with Crippen molar-refractivity contribution in [2.24, 2.45) is 0 Å². The van der Waals surface area contributed by atoms with E-state index in [1.54, 1.807) is 0 Å². The lowest BCUT2D eigenvalue weighted by molar-refractivity contribution is -0.135. The number of rotatable bonds is 5. The van der Waals surface area contributed by atoms with Crippen LogP contribution >= 0.6 is 0 Å². The van der Waals surface area contributed by atoms with Crippen LogP contribution in [0.15, 0.2) is 24.5 Å². The maximum absolute atomic E-state index is 12.2. The third-order valence-electron chi connectivity index (χ3n) is 3.04. The fraction of sp³-hybridized carbons (Fsp3) is 0.583. The Morgan fingerprint density at radius 1 is 1.50 bits per heavy atom. The first-order valence-corrected chi connectivity index (χ1v) is 5.78. The fourth-order valence-electron chi connectivity index (χ4n) is 1.94. The van der Waals surface area contributed by atoms with Gasteiger partial charge in [-0.3, -0.25) is 4.79 Å². The van der Waals surface area contributed by atoms with Gasteiger partial charge in [0, 0.05) is 25.0 Å². The lowest BCUT2D eigenvalue weighted by Gasteiger charge is -2.25. The van der Waals surface area contributed by atoms with Crippen LogP contribution in [0.3, 0.4) is 0 Å². The molecule has 0 aromatic carbocycles. The molecule has 0 radical (unpaired) electrons. The van der Waals surface area contributed by atoms with Crippen molar-refractivity contribution in [1.82, 2.24) is 9.47 Å². The number of aliphatic hydroxyl groups excluding tert-OH is 1. The first-order valence-electron chi connectivity index (χ1n) is 5.78. The lowest BCUT2D eigenvalue weighted by atomic mass is 10.2. The Morgan fingerprint density at radius 2 is 2.12 bits per heavy atom. The molecular formula is C12H18N2O2. The number of amides is 1. The molecule has 1 heterocycles. The SMILES string of the molecule is CC(C(=O)N(CCO)C1CC1)n1cccc1. The van der Waals surface area contributed by atoms with Crippen molar-refractivity contribution in [1.29, 1.82) is 0 Å². The predicted octanol–water partition coefficient (Wildman–Crippen LogP) is 1.03. The topological polar surface area (TPSA) is 45.5 Å². The van der Waals surface area contributed by atoms with E-state index in [-0.39, 0.29) is 18.6 Å². The van der Waals surface area contributed by atoms with Crippen LogP contribution in [0.2, 0.25) is 0 Å². The van der Waals surface area contributed by atoms with E-state index in [1.165, 1.54) is 0 Å². The van der Waals surface area contributed by atoms with Crippen LogP contribution in [0.5, 0.6) is 0 Å². The highest BCUT2D eigenvalue weighted by Crippen LogP contribution is 2.28. The van der Waals surface area contributed by atoms with Crippen LogP contribution in [0, 0.1) is 0 Å². The van der Waals surface area contributed by atoms with E-state index in [2.05, 4.69) is 0 Å². The summed E-state index contributed by atoms with van der Waals surface area (Å²) in [5, 5.41) is 8.97. The largest absolute Gasteiger partial charge is 0.395 e. The molecule has 1 atom stereocenters. The van der Waals surface area contributed by atoms with Crippen LogP contribution < -0.4 is 0 Å². The highest BCUT2D eigenvalue weighted by Gasteiger charge is 2.34. The van der Waals surface area contributed by atoms with Gasteiger partial charge in [-0.05, 0) is 31.9 Å². The van der Waals surface area contributed by atoms with E-state index in [4.69, 9.17) is 5.11 Å². The van der Waals surface area contributed by atoms with Gasteiger partial charge in [-0.2, -0.15) is 0 Å². The summed E-state index contributed by atoms with van der Waals surface area (Å²) in [6.45, 7) is 2.39. The van der Waals surface area contributed by atoms with Gasteiger partial charge in [0.15, 0.2) is 0 Å². The van der Waals surface area contributed by atoms with Gasteiger partial charge in [0.1, 0.15) is 6.04 Å². The highest BCUT2D eigenvalue weighted by molar-refractivity contribution is 5.80. The summed E-state index contributed by atoms with van der Waals surface area (Å²) in [4.78, 5) is 14.0. The monoisotopic (exact) mass is 222 g/mol. The van der Waals surface area contributed by atoms with Crippen molar-refractivity contribution in [3.8, 4) is 0 Å². The molecule has 1 N–H and O–H groups in total. The molecular weight excluding hydrogens is 204 g/mol. The lowest BCUT2D eigenvalue weighted by Crippen LogP contribution is -2.39. The van der Waals surface area contributed by atoms with Gasteiger partial charge in [-0.15, -0.1) is 0 Å². The molecule has 1 aromatic heterocycles. The molecule has 0 bridgehead atoms. The van der Waals surface area contributed by atoms with E-state index in [1.807, 2.05) is 40.9 Å². The van der Waals surface area contributed by atoms with Gasteiger partial charge in [0.05, 0.1) is 6.61 Å². The molecule has 1 fully saturated rings. The third-order valence-corrected chi connectivity index (χ3v) is 3.04. The quantitative estimate of drug-likeness (QED) is 0.809. The molecule has 1 aliphatic carbocycles. The minimum absolute atomic E-state index is 0.0423. The summed E-state index contributed by atoms with van der Waals surface area (Å²) < 4.78 is 1.90. The van der Waals surface area contributed by atoms with Crippen molar-refractivity contribution in [2.45, 2.75) is 31.8 Å². The maximum atomic E-state index is 12.2. The zero-order valence-electron chi connectivity index (χ0n) is 9.54. The zero-order chi connectivity index (χ0) is 11.5. The van der Waals surface area contributed by atoms with Gasteiger partial charge in [-0.1, -0.05) is 0 Å². The highest BCUT2D eigenvalue weighted by atomic mass is 16.3. The number of hydrogen-bond acceptors (Lipinski definition) is 2. The number of hydrogen-bond donors (Lipinski definition) is 1. The summed E-state index contributed by atoms with van der Waals surface area (Å²) in [5.74, 6) is 0.104. The van der Waals surface area contributed by atoms with Crippen LogP contribution in [0.25, 0.3) is 0 Å². The Balaban J connectivity index is 2.04. The molecule has 1 amide bonds. The molecule has 1 aromatic rings. The summed E-state index contributed by atoms with van der Waals surface area (Å²) in [6, 6.07) is 4.01. The first-order chi connectivity index (χ1) is 7.74. The molecule has 4 nitrogen and oxygen atoms in total.